The lowest BCUT2D eigenvalue weighted by Crippen LogP contribution is -2.32. The molecule has 2 rings (SSSR count). The van der Waals surface area contributed by atoms with E-state index in [2.05, 4.69) is 0 Å². The molecule has 0 spiro atoms. The standard InChI is InChI=1S/C20H6F12O16S4/c21-17(22,23)49(41,42)5-1-3(11(51(45,46)19(27,28)29)9(15(37)38)7(5)13(33)34)4-2-6(50(43,44)18(24,25)26)8(14(35)36)10(16(39)40)12(4)52(47,48)20(30,31)32/h1-2H,(H,33,34)(H,35,36)(H,37,38)(H,39,40). The minimum Gasteiger partial charge on any atom is -0.478 e. The average Bonchev–Trinajstić information content (AvgIpc) is 2.91. The van der Waals surface area contributed by atoms with Crippen LogP contribution in [0.1, 0.15) is 41.4 Å². The molecule has 52 heavy (non-hydrogen) atoms. The number of benzene rings is 2. The van der Waals surface area contributed by atoms with Crippen molar-refractivity contribution in [1.29, 1.82) is 0 Å². The first-order valence-electron chi connectivity index (χ1n) is 11.3. The van der Waals surface area contributed by atoms with Crippen LogP contribution in [0.5, 0.6) is 0 Å². The molecule has 2 aromatic carbocycles. The Bertz CT molecular complexity index is 2230. The van der Waals surface area contributed by atoms with Crippen LogP contribution in [0, 0.1) is 0 Å². The van der Waals surface area contributed by atoms with Crippen LogP contribution < -0.4 is 0 Å². The lowest BCUT2D eigenvalue weighted by molar-refractivity contribution is -0.0445. The molecule has 0 aliphatic rings. The van der Waals surface area contributed by atoms with Crippen molar-refractivity contribution in [2.24, 2.45) is 0 Å². The minimum atomic E-state index is -8.05. The molecule has 0 bridgehead atoms. The van der Waals surface area contributed by atoms with E-state index in [4.69, 9.17) is 0 Å². The molecule has 4 N–H and O–H groups in total. The van der Waals surface area contributed by atoms with Gasteiger partial charge in [0.25, 0.3) is 39.3 Å². The van der Waals surface area contributed by atoms with Gasteiger partial charge in [0.2, 0.25) is 0 Å². The number of halogens is 12. The van der Waals surface area contributed by atoms with Gasteiger partial charge in [-0.15, -0.1) is 0 Å². The third-order valence-electron chi connectivity index (χ3n) is 5.97. The van der Waals surface area contributed by atoms with Crippen molar-refractivity contribution in [2.75, 3.05) is 0 Å². The summed E-state index contributed by atoms with van der Waals surface area (Å²) in [5.41, 5.74) is -48.1. The highest BCUT2D eigenvalue weighted by molar-refractivity contribution is 7.93. The van der Waals surface area contributed by atoms with Gasteiger partial charge in [0.1, 0.15) is 0 Å². The van der Waals surface area contributed by atoms with Crippen molar-refractivity contribution in [1.82, 2.24) is 0 Å². The maximum Gasteiger partial charge on any atom is 0.501 e. The van der Waals surface area contributed by atoms with Crippen LogP contribution >= 0.6 is 0 Å². The van der Waals surface area contributed by atoms with Crippen LogP contribution in [0.15, 0.2) is 31.7 Å². The first-order valence-corrected chi connectivity index (χ1v) is 17.3. The summed E-state index contributed by atoms with van der Waals surface area (Å²) in [7, 11) is -31.5. The second-order valence-corrected chi connectivity index (χ2v) is 16.6. The van der Waals surface area contributed by atoms with E-state index in [0.717, 1.165) is 0 Å². The van der Waals surface area contributed by atoms with Crippen molar-refractivity contribution in [3.05, 3.63) is 34.4 Å². The lowest BCUT2D eigenvalue weighted by atomic mass is 9.95. The number of hydrogen-bond donors (Lipinski definition) is 4. The van der Waals surface area contributed by atoms with Gasteiger partial charge in [-0.25, -0.2) is 52.8 Å². The van der Waals surface area contributed by atoms with Gasteiger partial charge in [-0.3, -0.25) is 0 Å². The highest BCUT2D eigenvalue weighted by atomic mass is 32.2. The van der Waals surface area contributed by atoms with Gasteiger partial charge in [0.15, 0.2) is 0 Å². The first-order chi connectivity index (χ1) is 22.7. The summed E-state index contributed by atoms with van der Waals surface area (Å²) >= 11 is 0. The molecule has 0 radical (unpaired) electrons. The number of rotatable bonds is 9. The van der Waals surface area contributed by atoms with Gasteiger partial charge in [-0.05, 0) is 12.1 Å². The second-order valence-electron chi connectivity index (χ2n) is 9.02. The zero-order valence-electron chi connectivity index (χ0n) is 23.0. The molecular weight excluding hydrogens is 852 g/mol. The van der Waals surface area contributed by atoms with Crippen LogP contribution in [0.25, 0.3) is 11.1 Å². The van der Waals surface area contributed by atoms with Gasteiger partial charge >= 0.3 is 45.9 Å². The number of sulfone groups is 4. The summed E-state index contributed by atoms with van der Waals surface area (Å²) in [4.78, 5) is 33.9. The Morgan fingerprint density at radius 2 is 0.577 bits per heavy atom. The van der Waals surface area contributed by atoms with Gasteiger partial charge in [-0.2, -0.15) is 52.7 Å². The summed E-state index contributed by atoms with van der Waals surface area (Å²) in [5, 5.41) is 37.7. The third-order valence-corrected chi connectivity index (χ3v) is 12.1. The Hall–Kier alpha value is -4.72. The molecule has 0 fully saturated rings. The van der Waals surface area contributed by atoms with Gasteiger partial charge in [-0.1, -0.05) is 0 Å². The molecule has 0 heterocycles. The molecule has 0 aliphatic heterocycles. The molecule has 0 saturated heterocycles. The summed E-state index contributed by atoms with van der Waals surface area (Å²) in [6.45, 7) is 0. The number of alkyl halides is 12. The van der Waals surface area contributed by atoms with Crippen molar-refractivity contribution >= 4 is 63.2 Å². The van der Waals surface area contributed by atoms with Crippen LogP contribution in [-0.2, 0) is 39.3 Å². The van der Waals surface area contributed by atoms with Gasteiger partial charge in [0, 0.05) is 11.1 Å². The van der Waals surface area contributed by atoms with E-state index < -0.39 is 150 Å². The number of carbonyl (C=O) groups is 4. The van der Waals surface area contributed by atoms with E-state index in [9.17, 15) is 126 Å². The number of aromatic carboxylic acids is 4. The topological polar surface area (TPSA) is 286 Å². The van der Waals surface area contributed by atoms with Crippen molar-refractivity contribution in [3.8, 4) is 11.1 Å². The lowest BCUT2D eigenvalue weighted by Gasteiger charge is -2.24. The van der Waals surface area contributed by atoms with Crippen molar-refractivity contribution < 1.29 is 126 Å². The molecule has 0 amide bonds. The monoisotopic (exact) mass is 858 g/mol. The largest absolute Gasteiger partial charge is 0.501 e. The minimum absolute atomic E-state index is 1.53. The molecule has 0 aromatic heterocycles. The molecular formula is C20H6F12O16S4. The van der Waals surface area contributed by atoms with Crippen LogP contribution in [0.2, 0.25) is 0 Å². The molecule has 0 unspecified atom stereocenters. The van der Waals surface area contributed by atoms with E-state index in [-0.39, 0.29) is 0 Å². The quantitative estimate of drug-likeness (QED) is 0.263. The van der Waals surface area contributed by atoms with E-state index in [0.29, 0.717) is 0 Å². The summed E-state index contributed by atoms with van der Waals surface area (Å²) < 4.78 is 265. The van der Waals surface area contributed by atoms with Crippen molar-refractivity contribution in [3.63, 3.8) is 0 Å². The Kier molecular flexibility index (Phi) is 10.4. The van der Waals surface area contributed by atoms with Crippen LogP contribution in [-0.4, -0.2) is 100 Å². The highest BCUT2D eigenvalue weighted by Crippen LogP contribution is 2.50. The Balaban J connectivity index is 4.07. The van der Waals surface area contributed by atoms with Gasteiger partial charge < -0.3 is 20.4 Å². The highest BCUT2D eigenvalue weighted by Gasteiger charge is 2.58. The average molecular weight is 858 g/mol. The normalized spacial score (nSPS) is 13.8. The smallest absolute Gasteiger partial charge is 0.478 e. The predicted octanol–water partition coefficient (Wildman–Crippen LogP) is 3.32. The second kappa shape index (κ2) is 12.5. The van der Waals surface area contributed by atoms with E-state index >= 15 is 0 Å². The molecule has 0 saturated carbocycles. The van der Waals surface area contributed by atoms with Crippen LogP contribution in [0.4, 0.5) is 52.7 Å². The Labute approximate surface area is 276 Å². The van der Waals surface area contributed by atoms with E-state index in [1.165, 1.54) is 0 Å². The van der Waals surface area contributed by atoms with Crippen molar-refractivity contribution in [2.45, 2.75) is 41.6 Å². The van der Waals surface area contributed by atoms with E-state index in [1.807, 2.05) is 0 Å². The van der Waals surface area contributed by atoms with Gasteiger partial charge in [0.05, 0.1) is 41.8 Å². The predicted molar refractivity (Wildman–Crippen MR) is 133 cm³/mol. The molecule has 0 atom stereocenters. The molecule has 0 aliphatic carbocycles. The molecule has 290 valence electrons. The fourth-order valence-electron chi connectivity index (χ4n) is 3.98. The molecule has 32 heteroatoms. The molecule has 16 nitrogen and oxygen atoms in total. The Morgan fingerprint density at radius 3 is 0.731 bits per heavy atom. The zero-order chi connectivity index (χ0) is 41.5. The summed E-state index contributed by atoms with van der Waals surface area (Å²) in [5.74, 6) is -14.0. The number of carboxylic acid groups (broad SMARTS) is 4. The molecule has 2 aromatic rings. The number of carboxylic acids is 4. The SMILES string of the molecule is O=C(O)c1c(S(=O)(=O)C(F)(F)F)cc(-c2cc(S(=O)(=O)C(F)(F)F)c(C(=O)O)c(C(=O)O)c2S(=O)(=O)C(F)(F)F)c(S(=O)(=O)C(F)(F)F)c1C(=O)O. The fourth-order valence-corrected chi connectivity index (χ4v) is 8.23. The zero-order valence-corrected chi connectivity index (χ0v) is 26.3. The number of hydrogen-bond acceptors (Lipinski definition) is 12. The maximum absolute atomic E-state index is 13.9. The fraction of sp³-hybridized carbons (Fsp3) is 0.200. The van der Waals surface area contributed by atoms with Crippen LogP contribution in [0.3, 0.4) is 0 Å². The summed E-state index contributed by atoms with van der Waals surface area (Å²) in [6.07, 6.45) is 0. The van der Waals surface area contributed by atoms with E-state index in [1.54, 1.807) is 0 Å². The summed E-state index contributed by atoms with van der Waals surface area (Å²) in [6, 6.07) is -3.06. The third kappa shape index (κ3) is 6.68. The first kappa shape index (κ1) is 43.4. The Morgan fingerprint density at radius 1 is 0.385 bits per heavy atom. The maximum atomic E-state index is 13.9.